The number of hydrogen-bond acceptors (Lipinski definition) is 2. The standard InChI is InChI=1S/C22H27ClN2O2/c1-13(17-10-14-5-6-15(17)9-14)24-22(26)18-11-25(16-7-8-27-12-16)20-4-2-3-19(23)21(18)20/h2-4,11,13-17H,5-10,12H2,1H3,(H,24,26)/t13-,14+,15?,16?,17?/m1/s1. The van der Waals surface area contributed by atoms with Gasteiger partial charge in [-0.05, 0) is 62.5 Å². The lowest BCUT2D eigenvalue weighted by Crippen LogP contribution is -2.40. The fraction of sp³-hybridized carbons (Fsp3) is 0.591. The predicted octanol–water partition coefficient (Wildman–Crippen LogP) is 4.81. The van der Waals surface area contributed by atoms with Gasteiger partial charge in [-0.15, -0.1) is 0 Å². The van der Waals surface area contributed by atoms with Crippen molar-refractivity contribution in [3.8, 4) is 0 Å². The van der Waals surface area contributed by atoms with Crippen LogP contribution in [0.2, 0.25) is 5.02 Å². The Kier molecular flexibility index (Phi) is 4.44. The van der Waals surface area contributed by atoms with Crippen LogP contribution in [0.1, 0.15) is 55.4 Å². The highest BCUT2D eigenvalue weighted by molar-refractivity contribution is 6.36. The average molecular weight is 387 g/mol. The minimum Gasteiger partial charge on any atom is -0.379 e. The van der Waals surface area contributed by atoms with Crippen molar-refractivity contribution in [3.63, 3.8) is 0 Å². The van der Waals surface area contributed by atoms with Crippen LogP contribution >= 0.6 is 11.6 Å². The van der Waals surface area contributed by atoms with Crippen LogP contribution in [-0.4, -0.2) is 29.7 Å². The van der Waals surface area contributed by atoms with Crippen LogP contribution in [0.25, 0.3) is 10.9 Å². The van der Waals surface area contributed by atoms with E-state index in [-0.39, 0.29) is 18.0 Å². The molecule has 1 aromatic heterocycles. The third-order valence-corrected chi connectivity index (χ3v) is 7.46. The number of fused-ring (bicyclic) bond motifs is 3. The lowest BCUT2D eigenvalue weighted by molar-refractivity contribution is 0.0916. The molecule has 0 radical (unpaired) electrons. The van der Waals surface area contributed by atoms with Gasteiger partial charge < -0.3 is 14.6 Å². The fourth-order valence-corrected chi connectivity index (χ4v) is 6.05. The second-order valence-corrected chi connectivity index (χ2v) is 9.11. The van der Waals surface area contributed by atoms with Gasteiger partial charge in [0.2, 0.25) is 0 Å². The number of carbonyl (C=O) groups is 1. The number of rotatable bonds is 4. The van der Waals surface area contributed by atoms with Gasteiger partial charge in [-0.1, -0.05) is 24.1 Å². The van der Waals surface area contributed by atoms with Crippen molar-refractivity contribution in [2.45, 2.75) is 51.1 Å². The zero-order valence-electron chi connectivity index (χ0n) is 15.8. The first kappa shape index (κ1) is 17.6. The maximum atomic E-state index is 13.2. The summed E-state index contributed by atoms with van der Waals surface area (Å²) in [5.74, 6) is 2.31. The van der Waals surface area contributed by atoms with Crippen LogP contribution in [0, 0.1) is 17.8 Å². The van der Waals surface area contributed by atoms with Gasteiger partial charge in [0.05, 0.1) is 28.8 Å². The van der Waals surface area contributed by atoms with E-state index in [1.54, 1.807) is 0 Å². The van der Waals surface area contributed by atoms with Gasteiger partial charge in [0.15, 0.2) is 0 Å². The molecule has 2 heterocycles. The Bertz CT molecular complexity index is 871. The molecule has 2 saturated carbocycles. The average Bonchev–Trinajstić information content (AvgIpc) is 3.43. The molecule has 3 unspecified atom stereocenters. The number of halogens is 1. The number of amides is 1. The van der Waals surface area contributed by atoms with E-state index in [1.165, 1.54) is 25.7 Å². The van der Waals surface area contributed by atoms with Crippen LogP contribution in [0.15, 0.2) is 24.4 Å². The van der Waals surface area contributed by atoms with Crippen LogP contribution in [-0.2, 0) is 4.74 Å². The molecule has 1 aromatic carbocycles. The maximum absolute atomic E-state index is 13.2. The van der Waals surface area contributed by atoms with Crippen molar-refractivity contribution in [2.75, 3.05) is 13.2 Å². The molecular weight excluding hydrogens is 360 g/mol. The number of carbonyl (C=O) groups excluding carboxylic acids is 1. The minimum absolute atomic E-state index is 0.000962. The molecule has 2 aliphatic carbocycles. The van der Waals surface area contributed by atoms with Crippen molar-refractivity contribution in [3.05, 3.63) is 35.0 Å². The zero-order valence-corrected chi connectivity index (χ0v) is 16.5. The molecule has 1 saturated heterocycles. The molecule has 2 bridgehead atoms. The minimum atomic E-state index is 0.000962. The number of ether oxygens (including phenoxy) is 1. The molecule has 5 rings (SSSR count). The van der Waals surface area contributed by atoms with Crippen LogP contribution < -0.4 is 5.32 Å². The Balaban J connectivity index is 1.44. The largest absolute Gasteiger partial charge is 0.379 e. The predicted molar refractivity (Wildman–Crippen MR) is 107 cm³/mol. The van der Waals surface area contributed by atoms with Gasteiger partial charge in [0, 0.05) is 24.2 Å². The van der Waals surface area contributed by atoms with Crippen LogP contribution in [0.4, 0.5) is 0 Å². The van der Waals surface area contributed by atoms with Gasteiger partial charge in [-0.25, -0.2) is 0 Å². The van der Waals surface area contributed by atoms with Gasteiger partial charge in [0.1, 0.15) is 0 Å². The summed E-state index contributed by atoms with van der Waals surface area (Å²) in [7, 11) is 0. The van der Waals surface area contributed by atoms with E-state index in [4.69, 9.17) is 16.3 Å². The Morgan fingerprint density at radius 1 is 1.30 bits per heavy atom. The van der Waals surface area contributed by atoms with E-state index < -0.39 is 0 Å². The summed E-state index contributed by atoms with van der Waals surface area (Å²) in [6.07, 6.45) is 8.31. The molecule has 2 aromatic rings. The SMILES string of the molecule is C[C@@H](NC(=O)c1cn(C2CCOC2)c2cccc(Cl)c12)C1C[C@H]2CCC1C2. The van der Waals surface area contributed by atoms with Crippen LogP contribution in [0.5, 0.6) is 0 Å². The second-order valence-electron chi connectivity index (χ2n) is 8.70. The Morgan fingerprint density at radius 2 is 2.19 bits per heavy atom. The quantitative estimate of drug-likeness (QED) is 0.819. The van der Waals surface area contributed by atoms with Crippen molar-refractivity contribution in [2.24, 2.45) is 17.8 Å². The molecule has 3 fully saturated rings. The number of nitrogens with one attached hydrogen (secondary N) is 1. The van der Waals surface area contributed by atoms with Gasteiger partial charge in [0.25, 0.3) is 5.91 Å². The molecule has 3 aliphatic rings. The van der Waals surface area contributed by atoms with Crippen molar-refractivity contribution in [1.29, 1.82) is 0 Å². The second kappa shape index (κ2) is 6.82. The molecular formula is C22H27ClN2O2. The summed E-state index contributed by atoms with van der Waals surface area (Å²) in [5, 5.41) is 4.81. The number of nitrogens with zero attached hydrogens (tertiary/aromatic N) is 1. The highest BCUT2D eigenvalue weighted by Gasteiger charge is 2.42. The van der Waals surface area contributed by atoms with E-state index in [0.29, 0.717) is 23.1 Å². The highest BCUT2D eigenvalue weighted by atomic mass is 35.5. The summed E-state index contributed by atoms with van der Waals surface area (Å²) < 4.78 is 7.75. The zero-order chi connectivity index (χ0) is 18.5. The molecule has 5 atom stereocenters. The molecule has 27 heavy (non-hydrogen) atoms. The summed E-state index contributed by atoms with van der Waals surface area (Å²) in [6.45, 7) is 3.64. The molecule has 5 heteroatoms. The maximum Gasteiger partial charge on any atom is 0.253 e. The van der Waals surface area contributed by atoms with Gasteiger partial charge >= 0.3 is 0 Å². The molecule has 1 N–H and O–H groups in total. The molecule has 4 nitrogen and oxygen atoms in total. The van der Waals surface area contributed by atoms with E-state index >= 15 is 0 Å². The summed E-state index contributed by atoms with van der Waals surface area (Å²) in [5.41, 5.74) is 1.72. The van der Waals surface area contributed by atoms with Crippen molar-refractivity contribution >= 4 is 28.4 Å². The monoisotopic (exact) mass is 386 g/mol. The Morgan fingerprint density at radius 3 is 2.89 bits per heavy atom. The number of hydrogen-bond donors (Lipinski definition) is 1. The normalized spacial score (nSPS) is 30.9. The topological polar surface area (TPSA) is 43.3 Å². The Labute approximate surface area is 165 Å². The molecule has 1 amide bonds. The van der Waals surface area contributed by atoms with Crippen molar-refractivity contribution in [1.82, 2.24) is 9.88 Å². The number of aromatic nitrogens is 1. The summed E-state index contributed by atoms with van der Waals surface area (Å²) in [4.78, 5) is 13.2. The van der Waals surface area contributed by atoms with Gasteiger partial charge in [-0.3, -0.25) is 4.79 Å². The molecule has 0 spiro atoms. The van der Waals surface area contributed by atoms with Crippen LogP contribution in [0.3, 0.4) is 0 Å². The Hall–Kier alpha value is -1.52. The van der Waals surface area contributed by atoms with E-state index in [0.717, 1.165) is 35.8 Å². The van der Waals surface area contributed by atoms with Crippen molar-refractivity contribution < 1.29 is 9.53 Å². The first-order valence-electron chi connectivity index (χ1n) is 10.3. The van der Waals surface area contributed by atoms with Gasteiger partial charge in [-0.2, -0.15) is 0 Å². The third kappa shape index (κ3) is 2.98. The third-order valence-electron chi connectivity index (χ3n) is 7.14. The first-order chi connectivity index (χ1) is 13.1. The first-order valence-corrected chi connectivity index (χ1v) is 10.7. The highest BCUT2D eigenvalue weighted by Crippen LogP contribution is 2.49. The summed E-state index contributed by atoms with van der Waals surface area (Å²) >= 11 is 6.52. The lowest BCUT2D eigenvalue weighted by atomic mass is 9.84. The molecule has 1 aliphatic heterocycles. The summed E-state index contributed by atoms with van der Waals surface area (Å²) in [6, 6.07) is 6.36. The number of benzene rings is 1. The lowest BCUT2D eigenvalue weighted by Gasteiger charge is -2.28. The fourth-order valence-electron chi connectivity index (χ4n) is 5.78. The molecule has 144 valence electrons. The van der Waals surface area contributed by atoms with E-state index in [2.05, 4.69) is 22.9 Å². The van der Waals surface area contributed by atoms with E-state index in [9.17, 15) is 4.79 Å². The van der Waals surface area contributed by atoms with E-state index in [1.807, 2.05) is 18.3 Å². The smallest absolute Gasteiger partial charge is 0.253 e.